The molecule has 4 nitrogen and oxygen atoms in total. The fraction of sp³-hybridized carbons (Fsp3) is 0.118. The fourth-order valence-electron chi connectivity index (χ4n) is 2.21. The molecule has 0 bridgehead atoms. The van der Waals surface area contributed by atoms with Crippen molar-refractivity contribution in [2.75, 3.05) is 20.0 Å². The number of methoxy groups -OCH3 is 2. The molecule has 0 spiro atoms. The molecule has 0 saturated carbocycles. The third-order valence-corrected chi connectivity index (χ3v) is 4.21. The van der Waals surface area contributed by atoms with E-state index in [2.05, 4.69) is 4.98 Å². The highest BCUT2D eigenvalue weighted by atomic mass is 32.1. The number of hydrogen-bond donors (Lipinski definition) is 1. The molecule has 22 heavy (non-hydrogen) atoms. The Morgan fingerprint density at radius 1 is 0.955 bits per heavy atom. The SMILES string of the molecule is COc1ccc(-c2csc(-c3cccc(N)c3)n2)cc1OC. The monoisotopic (exact) mass is 312 g/mol. The highest BCUT2D eigenvalue weighted by molar-refractivity contribution is 7.13. The predicted molar refractivity (Wildman–Crippen MR) is 90.5 cm³/mol. The Labute approximate surface area is 133 Å². The summed E-state index contributed by atoms with van der Waals surface area (Å²) >= 11 is 1.59. The molecule has 112 valence electrons. The van der Waals surface area contributed by atoms with Crippen molar-refractivity contribution in [3.05, 3.63) is 47.8 Å². The van der Waals surface area contributed by atoms with E-state index in [4.69, 9.17) is 15.2 Å². The molecule has 0 aliphatic rings. The maximum Gasteiger partial charge on any atom is 0.161 e. The lowest BCUT2D eigenvalue weighted by atomic mass is 10.1. The Balaban J connectivity index is 1.97. The average molecular weight is 312 g/mol. The first kappa shape index (κ1) is 14.4. The predicted octanol–water partition coefficient (Wildman–Crippen LogP) is 4.08. The molecule has 2 aromatic carbocycles. The van der Waals surface area contributed by atoms with Gasteiger partial charge in [-0.15, -0.1) is 11.3 Å². The van der Waals surface area contributed by atoms with Crippen molar-refractivity contribution in [2.45, 2.75) is 0 Å². The van der Waals surface area contributed by atoms with Crippen molar-refractivity contribution in [1.82, 2.24) is 4.98 Å². The first-order chi connectivity index (χ1) is 10.7. The highest BCUT2D eigenvalue weighted by Gasteiger charge is 2.10. The van der Waals surface area contributed by atoms with Crippen LogP contribution in [0.25, 0.3) is 21.8 Å². The zero-order chi connectivity index (χ0) is 15.5. The Morgan fingerprint density at radius 2 is 1.77 bits per heavy atom. The molecule has 0 atom stereocenters. The molecule has 5 heteroatoms. The molecule has 0 fully saturated rings. The maximum atomic E-state index is 5.83. The lowest BCUT2D eigenvalue weighted by Crippen LogP contribution is -1.91. The van der Waals surface area contributed by atoms with Gasteiger partial charge in [-0.25, -0.2) is 4.98 Å². The zero-order valence-electron chi connectivity index (χ0n) is 12.4. The van der Waals surface area contributed by atoms with Crippen molar-refractivity contribution in [3.63, 3.8) is 0 Å². The minimum Gasteiger partial charge on any atom is -0.493 e. The molecule has 0 unspecified atom stereocenters. The van der Waals surface area contributed by atoms with Crippen LogP contribution in [0.15, 0.2) is 47.8 Å². The minimum absolute atomic E-state index is 0.693. The van der Waals surface area contributed by atoms with E-state index in [1.807, 2.05) is 47.8 Å². The van der Waals surface area contributed by atoms with Crippen LogP contribution in [0.4, 0.5) is 5.69 Å². The van der Waals surface area contributed by atoms with Gasteiger partial charge in [0.25, 0.3) is 0 Å². The van der Waals surface area contributed by atoms with Gasteiger partial charge in [0.15, 0.2) is 11.5 Å². The summed E-state index contributed by atoms with van der Waals surface area (Å²) in [4.78, 5) is 4.69. The fourth-order valence-corrected chi connectivity index (χ4v) is 3.03. The molecular formula is C17H16N2O2S. The number of benzene rings is 2. The highest BCUT2D eigenvalue weighted by Crippen LogP contribution is 2.34. The van der Waals surface area contributed by atoms with E-state index in [1.165, 1.54) is 0 Å². The summed E-state index contributed by atoms with van der Waals surface area (Å²) in [7, 11) is 3.25. The third kappa shape index (κ3) is 2.76. The summed E-state index contributed by atoms with van der Waals surface area (Å²) in [5, 5.41) is 2.97. The molecule has 0 aliphatic carbocycles. The van der Waals surface area contributed by atoms with Crippen molar-refractivity contribution in [1.29, 1.82) is 0 Å². The summed E-state index contributed by atoms with van der Waals surface area (Å²) in [5.74, 6) is 1.40. The molecule has 2 N–H and O–H groups in total. The van der Waals surface area contributed by atoms with E-state index < -0.39 is 0 Å². The van der Waals surface area contributed by atoms with Gasteiger partial charge in [-0.3, -0.25) is 0 Å². The maximum absolute atomic E-state index is 5.83. The molecule has 3 rings (SSSR count). The van der Waals surface area contributed by atoms with Gasteiger partial charge < -0.3 is 15.2 Å². The molecule has 0 radical (unpaired) electrons. The van der Waals surface area contributed by atoms with Gasteiger partial charge in [-0.1, -0.05) is 12.1 Å². The van der Waals surface area contributed by atoms with Crippen LogP contribution in [0.1, 0.15) is 0 Å². The van der Waals surface area contributed by atoms with Crippen molar-refractivity contribution >= 4 is 17.0 Å². The second-order valence-corrected chi connectivity index (χ2v) is 5.59. The van der Waals surface area contributed by atoms with Crippen LogP contribution in [0.5, 0.6) is 11.5 Å². The van der Waals surface area contributed by atoms with Crippen molar-refractivity contribution in [3.8, 4) is 33.3 Å². The molecule has 3 aromatic rings. The lowest BCUT2D eigenvalue weighted by Gasteiger charge is -2.08. The van der Waals surface area contributed by atoms with Crippen LogP contribution >= 0.6 is 11.3 Å². The number of nitrogen functional groups attached to an aromatic ring is 1. The third-order valence-electron chi connectivity index (χ3n) is 3.32. The summed E-state index contributed by atoms with van der Waals surface area (Å²) in [6.45, 7) is 0. The number of anilines is 1. The van der Waals surface area contributed by atoms with Crippen molar-refractivity contribution < 1.29 is 9.47 Å². The Bertz CT molecular complexity index is 799. The molecule has 0 amide bonds. The van der Waals surface area contributed by atoms with Crippen LogP contribution in [-0.4, -0.2) is 19.2 Å². The molecule has 0 saturated heterocycles. The normalized spacial score (nSPS) is 10.5. The molecule has 1 heterocycles. The summed E-state index contributed by atoms with van der Waals surface area (Å²) in [6, 6.07) is 13.5. The molecule has 1 aromatic heterocycles. The van der Waals surface area contributed by atoms with Gasteiger partial charge >= 0.3 is 0 Å². The van der Waals surface area contributed by atoms with Gasteiger partial charge in [0.2, 0.25) is 0 Å². The van der Waals surface area contributed by atoms with E-state index in [9.17, 15) is 0 Å². The van der Waals surface area contributed by atoms with Crippen LogP contribution in [-0.2, 0) is 0 Å². The number of ether oxygens (including phenoxy) is 2. The molecular weight excluding hydrogens is 296 g/mol. The Hall–Kier alpha value is -2.53. The standard InChI is InChI=1S/C17H16N2O2S/c1-20-15-7-6-11(9-16(15)21-2)14-10-22-17(19-14)12-4-3-5-13(18)8-12/h3-10H,18H2,1-2H3. The first-order valence-corrected chi connectivity index (χ1v) is 7.63. The number of thiazole rings is 1. The van der Waals surface area contributed by atoms with Gasteiger partial charge in [-0.05, 0) is 30.3 Å². The van der Waals surface area contributed by atoms with Crippen LogP contribution in [0.2, 0.25) is 0 Å². The minimum atomic E-state index is 0.693. The molecule has 0 aliphatic heterocycles. The van der Waals surface area contributed by atoms with Gasteiger partial charge in [-0.2, -0.15) is 0 Å². The second kappa shape index (κ2) is 6.07. The smallest absolute Gasteiger partial charge is 0.161 e. The summed E-state index contributed by atoms with van der Waals surface area (Å²) in [6.07, 6.45) is 0. The van der Waals surface area contributed by atoms with Crippen LogP contribution < -0.4 is 15.2 Å². The zero-order valence-corrected chi connectivity index (χ0v) is 13.2. The second-order valence-electron chi connectivity index (χ2n) is 4.73. The Kier molecular flexibility index (Phi) is 3.98. The largest absolute Gasteiger partial charge is 0.493 e. The number of nitrogens with zero attached hydrogens (tertiary/aromatic N) is 1. The van der Waals surface area contributed by atoms with Crippen LogP contribution in [0.3, 0.4) is 0 Å². The topological polar surface area (TPSA) is 57.4 Å². The number of nitrogens with two attached hydrogens (primary N) is 1. The van der Waals surface area contributed by atoms with Gasteiger partial charge in [0.05, 0.1) is 19.9 Å². The lowest BCUT2D eigenvalue weighted by molar-refractivity contribution is 0.355. The number of hydrogen-bond acceptors (Lipinski definition) is 5. The number of aromatic nitrogens is 1. The average Bonchev–Trinajstić information content (AvgIpc) is 3.04. The van der Waals surface area contributed by atoms with Crippen LogP contribution in [0, 0.1) is 0 Å². The van der Waals surface area contributed by atoms with E-state index in [0.29, 0.717) is 11.5 Å². The summed E-state index contributed by atoms with van der Waals surface area (Å²) in [5.41, 5.74) is 9.49. The van der Waals surface area contributed by atoms with E-state index >= 15 is 0 Å². The number of rotatable bonds is 4. The first-order valence-electron chi connectivity index (χ1n) is 6.75. The van der Waals surface area contributed by atoms with E-state index in [0.717, 1.165) is 27.5 Å². The Morgan fingerprint density at radius 3 is 2.50 bits per heavy atom. The van der Waals surface area contributed by atoms with E-state index in [1.54, 1.807) is 25.6 Å². The van der Waals surface area contributed by atoms with Crippen molar-refractivity contribution in [2.24, 2.45) is 0 Å². The van der Waals surface area contributed by atoms with E-state index in [-0.39, 0.29) is 0 Å². The van der Waals surface area contributed by atoms with Gasteiger partial charge in [0, 0.05) is 22.2 Å². The summed E-state index contributed by atoms with van der Waals surface area (Å²) < 4.78 is 10.6. The quantitative estimate of drug-likeness (QED) is 0.738. The van der Waals surface area contributed by atoms with Gasteiger partial charge in [0.1, 0.15) is 5.01 Å².